The molecule has 1 amide bonds. The molecule has 0 radical (unpaired) electrons. The van der Waals surface area contributed by atoms with Gasteiger partial charge >= 0.3 is 5.97 Å². The molecule has 0 fully saturated rings. The van der Waals surface area contributed by atoms with Gasteiger partial charge in [-0.05, 0) is 48.2 Å². The van der Waals surface area contributed by atoms with Crippen LogP contribution < -0.4 is 10.1 Å². The Morgan fingerprint density at radius 2 is 1.72 bits per heavy atom. The van der Waals surface area contributed by atoms with Crippen molar-refractivity contribution in [3.63, 3.8) is 0 Å². The number of carboxylic acids is 1. The predicted molar refractivity (Wildman–Crippen MR) is 110 cm³/mol. The first kappa shape index (κ1) is 20.5. The van der Waals surface area contributed by atoms with Crippen LogP contribution in [0, 0.1) is 0 Å². The molecule has 0 unspecified atom stereocenters. The monoisotopic (exact) mass is 411 g/mol. The number of aliphatic carboxylic acids is 1. The number of ether oxygens (including phenoxy) is 1. The highest BCUT2D eigenvalue weighted by molar-refractivity contribution is 7.13. The molecule has 0 saturated carbocycles. The summed E-state index contributed by atoms with van der Waals surface area (Å²) >= 11 is 1.18. The Morgan fingerprint density at radius 3 is 2.38 bits per heavy atom. The summed E-state index contributed by atoms with van der Waals surface area (Å²) in [5, 5.41) is 20.3. The lowest BCUT2D eigenvalue weighted by Crippen LogP contribution is -2.11. The van der Waals surface area contributed by atoms with Gasteiger partial charge in [0.25, 0.3) is 5.91 Å². The van der Waals surface area contributed by atoms with E-state index in [0.717, 1.165) is 17.7 Å². The zero-order valence-corrected chi connectivity index (χ0v) is 16.7. The van der Waals surface area contributed by atoms with Gasteiger partial charge in [0.05, 0.1) is 0 Å². The fourth-order valence-electron chi connectivity index (χ4n) is 2.56. The van der Waals surface area contributed by atoms with Crippen molar-refractivity contribution >= 4 is 28.9 Å². The van der Waals surface area contributed by atoms with Crippen molar-refractivity contribution < 1.29 is 19.4 Å². The highest BCUT2D eigenvalue weighted by Gasteiger charge is 2.13. The number of rotatable bonds is 9. The fraction of sp³-hybridized carbons (Fsp3) is 0.238. The quantitative estimate of drug-likeness (QED) is 0.553. The molecule has 0 atom stereocenters. The molecule has 0 aliphatic rings. The van der Waals surface area contributed by atoms with Crippen molar-refractivity contribution in [2.24, 2.45) is 0 Å². The molecular formula is C21H21N3O4S. The number of aromatic nitrogens is 2. The second-order valence-electron chi connectivity index (χ2n) is 6.33. The van der Waals surface area contributed by atoms with Gasteiger partial charge in [-0.1, -0.05) is 42.5 Å². The average molecular weight is 411 g/mol. The first-order valence-corrected chi connectivity index (χ1v) is 10.0. The fourth-order valence-corrected chi connectivity index (χ4v) is 3.21. The third kappa shape index (κ3) is 6.11. The van der Waals surface area contributed by atoms with Crippen LogP contribution in [0.5, 0.6) is 5.75 Å². The maximum atomic E-state index is 12.4. The van der Waals surface area contributed by atoms with E-state index in [1.165, 1.54) is 16.9 Å². The third-order valence-corrected chi connectivity index (χ3v) is 5.09. The number of anilines is 1. The molecule has 7 nitrogen and oxygen atoms in total. The number of nitrogens with one attached hydrogen (secondary N) is 1. The molecule has 8 heteroatoms. The van der Waals surface area contributed by atoms with Crippen molar-refractivity contribution in [1.29, 1.82) is 0 Å². The van der Waals surface area contributed by atoms with E-state index in [9.17, 15) is 9.59 Å². The number of benzene rings is 2. The van der Waals surface area contributed by atoms with E-state index < -0.39 is 5.97 Å². The maximum absolute atomic E-state index is 12.4. The highest BCUT2D eigenvalue weighted by atomic mass is 32.1. The van der Waals surface area contributed by atoms with Crippen molar-refractivity contribution in [2.75, 3.05) is 5.32 Å². The first-order chi connectivity index (χ1) is 14.0. The van der Waals surface area contributed by atoms with Gasteiger partial charge in [-0.3, -0.25) is 9.59 Å². The van der Waals surface area contributed by atoms with Crippen molar-refractivity contribution in [3.8, 4) is 5.75 Å². The molecule has 29 heavy (non-hydrogen) atoms. The van der Waals surface area contributed by atoms with Crippen LogP contribution in [-0.2, 0) is 24.2 Å². The predicted octanol–water partition coefficient (Wildman–Crippen LogP) is 3.95. The zero-order chi connectivity index (χ0) is 20.6. The van der Waals surface area contributed by atoms with Crippen LogP contribution in [0.15, 0.2) is 48.5 Å². The maximum Gasteiger partial charge on any atom is 0.303 e. The topological polar surface area (TPSA) is 101 Å². The van der Waals surface area contributed by atoms with Gasteiger partial charge < -0.3 is 15.2 Å². The summed E-state index contributed by atoms with van der Waals surface area (Å²) in [5.41, 5.74) is 2.74. The summed E-state index contributed by atoms with van der Waals surface area (Å²) in [5.74, 6) is -0.442. The minimum absolute atomic E-state index is 0.0735. The van der Waals surface area contributed by atoms with Gasteiger partial charge in [0.2, 0.25) is 5.01 Å². The molecular weight excluding hydrogens is 390 g/mol. The van der Waals surface area contributed by atoms with Crippen LogP contribution in [-0.4, -0.2) is 27.2 Å². The normalized spacial score (nSPS) is 10.5. The van der Waals surface area contributed by atoms with Crippen LogP contribution in [0.3, 0.4) is 0 Å². The smallest absolute Gasteiger partial charge is 0.303 e. The minimum Gasteiger partial charge on any atom is -0.486 e. The number of aryl methyl sites for hydroxylation is 2. The van der Waals surface area contributed by atoms with Crippen LogP contribution in [0.25, 0.3) is 0 Å². The number of carbonyl (C=O) groups is 2. The molecule has 2 aromatic carbocycles. The number of carboxylic acid groups (broad SMARTS) is 1. The van der Waals surface area contributed by atoms with E-state index in [1.807, 2.05) is 24.3 Å². The Morgan fingerprint density at radius 1 is 1.03 bits per heavy atom. The Labute approximate surface area is 172 Å². The average Bonchev–Trinajstić information content (AvgIpc) is 3.21. The van der Waals surface area contributed by atoms with Gasteiger partial charge in [-0.25, -0.2) is 0 Å². The Balaban J connectivity index is 1.52. The highest BCUT2D eigenvalue weighted by Crippen LogP contribution is 2.18. The summed E-state index contributed by atoms with van der Waals surface area (Å²) in [4.78, 5) is 23.0. The molecule has 0 spiro atoms. The summed E-state index contributed by atoms with van der Waals surface area (Å²) in [6, 6.07) is 14.9. The third-order valence-electron chi connectivity index (χ3n) is 4.19. The second-order valence-corrected chi connectivity index (χ2v) is 7.39. The van der Waals surface area contributed by atoms with Crippen molar-refractivity contribution in [1.82, 2.24) is 10.2 Å². The van der Waals surface area contributed by atoms with Crippen LogP contribution in [0.4, 0.5) is 5.69 Å². The summed E-state index contributed by atoms with van der Waals surface area (Å²) < 4.78 is 5.69. The molecule has 1 heterocycles. The van der Waals surface area contributed by atoms with Gasteiger partial charge in [0, 0.05) is 12.1 Å². The van der Waals surface area contributed by atoms with Crippen LogP contribution in [0.2, 0.25) is 0 Å². The first-order valence-electron chi connectivity index (χ1n) is 9.19. The van der Waals surface area contributed by atoms with E-state index in [0.29, 0.717) is 17.1 Å². The molecule has 0 saturated heterocycles. The van der Waals surface area contributed by atoms with Gasteiger partial charge in [-0.15, -0.1) is 10.2 Å². The molecule has 1 aromatic heterocycles. The Kier molecular flexibility index (Phi) is 6.91. The largest absolute Gasteiger partial charge is 0.486 e. The van der Waals surface area contributed by atoms with E-state index in [1.54, 1.807) is 24.3 Å². The Hall–Kier alpha value is -3.26. The van der Waals surface area contributed by atoms with Gasteiger partial charge in [0.15, 0.2) is 5.01 Å². The number of hydrogen-bond donors (Lipinski definition) is 2. The zero-order valence-electron chi connectivity index (χ0n) is 15.9. The molecule has 0 aliphatic carbocycles. The van der Waals surface area contributed by atoms with E-state index in [-0.39, 0.29) is 23.9 Å². The molecule has 2 N–H and O–H groups in total. The SMILES string of the molecule is CCc1ccc(OCc2nnc(C(=O)Nc3ccc(CCC(=O)O)cc3)s2)cc1. The lowest BCUT2D eigenvalue weighted by Gasteiger charge is -2.05. The molecule has 150 valence electrons. The summed E-state index contributed by atoms with van der Waals surface area (Å²) in [7, 11) is 0. The van der Waals surface area contributed by atoms with Crippen LogP contribution in [0.1, 0.15) is 39.3 Å². The van der Waals surface area contributed by atoms with E-state index in [4.69, 9.17) is 9.84 Å². The summed E-state index contributed by atoms with van der Waals surface area (Å²) in [6.45, 7) is 2.34. The minimum atomic E-state index is -0.837. The standard InChI is InChI=1S/C21H21N3O4S/c1-2-14-5-10-17(11-6-14)28-13-18-23-24-21(29-18)20(27)22-16-8-3-15(4-9-16)7-12-19(25)26/h3-6,8-11H,2,7,12-13H2,1H3,(H,22,27)(H,25,26). The number of hydrogen-bond acceptors (Lipinski definition) is 6. The number of carbonyl (C=O) groups excluding carboxylic acids is 1. The van der Waals surface area contributed by atoms with Gasteiger partial charge in [-0.2, -0.15) is 0 Å². The van der Waals surface area contributed by atoms with Crippen molar-refractivity contribution in [2.45, 2.75) is 32.8 Å². The molecule has 3 aromatic rings. The number of amides is 1. The lowest BCUT2D eigenvalue weighted by molar-refractivity contribution is -0.136. The lowest BCUT2D eigenvalue weighted by atomic mass is 10.1. The van der Waals surface area contributed by atoms with Crippen molar-refractivity contribution in [3.05, 3.63) is 69.7 Å². The summed E-state index contributed by atoms with van der Waals surface area (Å²) in [6.07, 6.45) is 1.49. The van der Waals surface area contributed by atoms with Gasteiger partial charge in [0.1, 0.15) is 12.4 Å². The molecule has 0 aliphatic heterocycles. The van der Waals surface area contributed by atoms with E-state index in [2.05, 4.69) is 22.4 Å². The van der Waals surface area contributed by atoms with E-state index >= 15 is 0 Å². The molecule has 0 bridgehead atoms. The second kappa shape index (κ2) is 9.79. The molecule has 3 rings (SSSR count). The Bertz CT molecular complexity index is 968. The van der Waals surface area contributed by atoms with Crippen LogP contribution >= 0.6 is 11.3 Å². The number of nitrogens with zero attached hydrogens (tertiary/aromatic N) is 2.